The van der Waals surface area contributed by atoms with E-state index in [4.69, 9.17) is 16.2 Å². The van der Waals surface area contributed by atoms with Gasteiger partial charge in [-0.3, -0.25) is 0 Å². The summed E-state index contributed by atoms with van der Waals surface area (Å²) in [6.45, 7) is 8.61. The van der Waals surface area contributed by atoms with Crippen molar-refractivity contribution >= 4 is 17.2 Å². The van der Waals surface area contributed by atoms with Gasteiger partial charge in [0.2, 0.25) is 0 Å². The first-order chi connectivity index (χ1) is 15.2. The van der Waals surface area contributed by atoms with Gasteiger partial charge in [0.25, 0.3) is 0 Å². The summed E-state index contributed by atoms with van der Waals surface area (Å²) in [7, 11) is 9.57. The lowest BCUT2D eigenvalue weighted by Gasteiger charge is -2.08. The quantitative estimate of drug-likeness (QED) is 0.238. The third-order valence-corrected chi connectivity index (χ3v) is 4.76. The first-order valence-electron chi connectivity index (χ1n) is 10.8. The molecule has 4 N–H and O–H groups in total. The summed E-state index contributed by atoms with van der Waals surface area (Å²) >= 11 is 0. The first-order valence-corrected chi connectivity index (χ1v) is 10.8. The zero-order valence-corrected chi connectivity index (χ0v) is 20.5. The average Bonchev–Trinajstić information content (AvgIpc) is 3.12. The van der Waals surface area contributed by atoms with Crippen molar-refractivity contribution in [3.63, 3.8) is 0 Å². The maximum atomic E-state index is 9.94. The van der Waals surface area contributed by atoms with Crippen molar-refractivity contribution in [3.8, 4) is 5.75 Å². The smallest absolute Gasteiger partial charge is 0.136 e. The molecule has 0 radical (unpaired) electrons. The highest BCUT2D eigenvalue weighted by atomic mass is 16.5. The van der Waals surface area contributed by atoms with Crippen LogP contribution in [0.4, 0.5) is 0 Å². The molecule has 180 valence electrons. The number of unbranched alkanes of at least 4 members (excludes halogenated alkanes) is 1. The van der Waals surface area contributed by atoms with Gasteiger partial charge in [-0.25, -0.2) is 0 Å². The molecule has 7 nitrogen and oxygen atoms in total. The number of aromatic nitrogens is 1. The standard InChI is InChI=1S/C14H20N2O.C6H14N2O.C5H8O/c1-15(2)8-7-11-10-16(3)14-6-5-12(17-4)9-13(11)14;7-4-2-1-3-6(8)5-9;1-4-5(2)6-3/h5-6,9-10H,7-8H2,1-4H3;5-6H,1-4,7-8H2;4H,1-2H2,3H3. The van der Waals surface area contributed by atoms with E-state index in [2.05, 4.69) is 66.8 Å². The first kappa shape index (κ1) is 29.4. The molecule has 0 fully saturated rings. The predicted molar refractivity (Wildman–Crippen MR) is 135 cm³/mol. The fourth-order valence-corrected chi connectivity index (χ4v) is 2.80. The number of ether oxygens (including phenoxy) is 2. The van der Waals surface area contributed by atoms with Crippen LogP contribution >= 0.6 is 0 Å². The second-order valence-electron chi connectivity index (χ2n) is 7.66. The Morgan fingerprint density at radius 2 is 1.97 bits per heavy atom. The number of aldehydes is 1. The van der Waals surface area contributed by atoms with Gasteiger partial charge < -0.3 is 35.2 Å². The van der Waals surface area contributed by atoms with Gasteiger partial charge in [0.15, 0.2) is 0 Å². The molecule has 0 aliphatic carbocycles. The summed E-state index contributed by atoms with van der Waals surface area (Å²) in [5.74, 6) is 1.53. The van der Waals surface area contributed by atoms with Crippen LogP contribution in [0.5, 0.6) is 5.75 Å². The molecule has 7 heteroatoms. The van der Waals surface area contributed by atoms with E-state index in [-0.39, 0.29) is 6.04 Å². The minimum Gasteiger partial charge on any atom is -0.497 e. The van der Waals surface area contributed by atoms with E-state index in [0.29, 0.717) is 12.3 Å². The van der Waals surface area contributed by atoms with Crippen LogP contribution in [-0.2, 0) is 23.0 Å². The summed E-state index contributed by atoms with van der Waals surface area (Å²) < 4.78 is 12.1. The maximum absolute atomic E-state index is 9.94. The summed E-state index contributed by atoms with van der Waals surface area (Å²) in [6, 6.07) is 5.97. The van der Waals surface area contributed by atoms with E-state index in [1.165, 1.54) is 16.5 Å². The van der Waals surface area contributed by atoms with Gasteiger partial charge in [0.05, 0.1) is 20.3 Å². The summed E-state index contributed by atoms with van der Waals surface area (Å²) in [5.41, 5.74) is 13.2. The van der Waals surface area contributed by atoms with Crippen LogP contribution in [0, 0.1) is 0 Å². The molecule has 1 heterocycles. The molecule has 0 saturated carbocycles. The van der Waals surface area contributed by atoms with Crippen LogP contribution in [0.25, 0.3) is 10.9 Å². The zero-order chi connectivity index (χ0) is 24.5. The minimum absolute atomic E-state index is 0.281. The number of nitrogens with two attached hydrogens (primary N) is 2. The van der Waals surface area contributed by atoms with E-state index >= 15 is 0 Å². The van der Waals surface area contributed by atoms with Crippen LogP contribution in [0.2, 0.25) is 0 Å². The van der Waals surface area contributed by atoms with E-state index in [1.54, 1.807) is 20.3 Å². The lowest BCUT2D eigenvalue weighted by Crippen LogP contribution is -2.21. The molecule has 2 aromatic rings. The number of likely N-dealkylation sites (N-methyl/N-ethyl adjacent to an activating group) is 1. The summed E-state index contributed by atoms with van der Waals surface area (Å²) in [4.78, 5) is 12.2. The number of hydrogen-bond acceptors (Lipinski definition) is 6. The summed E-state index contributed by atoms with van der Waals surface area (Å²) in [6.07, 6.45) is 8.29. The van der Waals surface area contributed by atoms with E-state index in [9.17, 15) is 4.79 Å². The van der Waals surface area contributed by atoms with E-state index in [0.717, 1.165) is 44.3 Å². The molecule has 2 rings (SSSR count). The second-order valence-corrected chi connectivity index (χ2v) is 7.66. The maximum Gasteiger partial charge on any atom is 0.136 e. The van der Waals surface area contributed by atoms with E-state index in [1.807, 2.05) is 6.07 Å². The number of carbonyl (C=O) groups is 1. The van der Waals surface area contributed by atoms with Gasteiger partial charge in [-0.2, -0.15) is 0 Å². The van der Waals surface area contributed by atoms with Crippen LogP contribution in [-0.4, -0.2) is 63.2 Å². The molecule has 1 atom stereocenters. The fraction of sp³-hybridized carbons (Fsp3) is 0.480. The highest BCUT2D eigenvalue weighted by Crippen LogP contribution is 2.25. The third kappa shape index (κ3) is 11.7. The number of hydrogen-bond donors (Lipinski definition) is 2. The largest absolute Gasteiger partial charge is 0.497 e. The molecule has 1 aromatic heterocycles. The van der Waals surface area contributed by atoms with Gasteiger partial charge >= 0.3 is 0 Å². The number of rotatable bonds is 11. The van der Waals surface area contributed by atoms with Gasteiger partial charge in [-0.15, -0.1) is 0 Å². The number of aryl methyl sites for hydroxylation is 1. The van der Waals surface area contributed by atoms with E-state index < -0.39 is 0 Å². The molecular formula is C25H42N4O3. The molecule has 1 aromatic carbocycles. The van der Waals surface area contributed by atoms with Gasteiger partial charge in [0, 0.05) is 30.7 Å². The lowest BCUT2D eigenvalue weighted by molar-refractivity contribution is -0.109. The third-order valence-electron chi connectivity index (χ3n) is 4.76. The van der Waals surface area contributed by atoms with Crippen LogP contribution < -0.4 is 16.2 Å². The van der Waals surface area contributed by atoms with Crippen LogP contribution in [0.3, 0.4) is 0 Å². The highest BCUT2D eigenvalue weighted by Gasteiger charge is 2.07. The fourth-order valence-electron chi connectivity index (χ4n) is 2.80. The monoisotopic (exact) mass is 446 g/mol. The number of allylic oxidation sites excluding steroid dienone is 1. The Kier molecular flexibility index (Phi) is 15.6. The van der Waals surface area contributed by atoms with Crippen molar-refractivity contribution in [2.24, 2.45) is 18.5 Å². The predicted octanol–water partition coefficient (Wildman–Crippen LogP) is 3.27. The molecule has 0 amide bonds. The molecule has 32 heavy (non-hydrogen) atoms. The number of nitrogens with zero attached hydrogens (tertiary/aromatic N) is 2. The van der Waals surface area contributed by atoms with Gasteiger partial charge in [0.1, 0.15) is 17.8 Å². The van der Waals surface area contributed by atoms with Crippen molar-refractivity contribution in [2.45, 2.75) is 31.7 Å². The normalized spacial score (nSPS) is 11.0. The summed E-state index contributed by atoms with van der Waals surface area (Å²) in [5, 5.41) is 1.30. The van der Waals surface area contributed by atoms with Crippen molar-refractivity contribution in [1.29, 1.82) is 0 Å². The Balaban J connectivity index is 0.000000539. The van der Waals surface area contributed by atoms with Crippen molar-refractivity contribution in [2.75, 3.05) is 41.4 Å². The molecular weight excluding hydrogens is 404 g/mol. The Hall–Kier alpha value is -2.61. The molecule has 0 spiro atoms. The minimum atomic E-state index is -0.281. The van der Waals surface area contributed by atoms with Crippen LogP contribution in [0.1, 0.15) is 24.8 Å². The highest BCUT2D eigenvalue weighted by molar-refractivity contribution is 5.85. The molecule has 0 bridgehead atoms. The Morgan fingerprint density at radius 1 is 1.28 bits per heavy atom. The molecule has 0 aliphatic rings. The second kappa shape index (κ2) is 17.0. The van der Waals surface area contributed by atoms with Crippen molar-refractivity contribution < 1.29 is 14.3 Å². The topological polar surface area (TPSA) is 95.7 Å². The van der Waals surface area contributed by atoms with Crippen molar-refractivity contribution in [3.05, 3.63) is 55.0 Å². The SMILES string of the molecule is C=CC(=C)OC.COc1ccc2c(c1)c(CCN(C)C)cn2C.NCCCCC(N)C=O. The van der Waals surface area contributed by atoms with Gasteiger partial charge in [-0.1, -0.05) is 19.6 Å². The molecule has 0 aliphatic heterocycles. The van der Waals surface area contributed by atoms with Gasteiger partial charge in [-0.05, 0) is 69.7 Å². The number of fused-ring (bicyclic) bond motifs is 1. The zero-order valence-electron chi connectivity index (χ0n) is 20.5. The molecule has 0 saturated heterocycles. The average molecular weight is 447 g/mol. The van der Waals surface area contributed by atoms with Crippen molar-refractivity contribution in [1.82, 2.24) is 9.47 Å². The Labute approximate surface area is 193 Å². The Bertz CT molecular complexity index is 815. The number of benzene rings is 1. The molecule has 1 unspecified atom stereocenters. The number of methoxy groups -OCH3 is 2. The Morgan fingerprint density at radius 3 is 2.44 bits per heavy atom. The number of carbonyl (C=O) groups excluding carboxylic acids is 1. The lowest BCUT2D eigenvalue weighted by atomic mass is 10.1. The van der Waals surface area contributed by atoms with Crippen LogP contribution in [0.15, 0.2) is 49.4 Å².